The first-order valence-corrected chi connectivity index (χ1v) is 7.73. The van der Waals surface area contributed by atoms with Gasteiger partial charge in [0.1, 0.15) is 0 Å². The fraction of sp³-hybridized carbons (Fsp3) is 0.231. The molecule has 0 fully saturated rings. The van der Waals surface area contributed by atoms with Gasteiger partial charge in [-0.1, -0.05) is 0 Å². The van der Waals surface area contributed by atoms with Gasteiger partial charge in [0.15, 0.2) is 16.7 Å². The van der Waals surface area contributed by atoms with Crippen LogP contribution in [-0.4, -0.2) is 24.8 Å². The molecule has 0 saturated carbocycles. The molecule has 0 bridgehead atoms. The zero-order chi connectivity index (χ0) is 14.7. The third kappa shape index (κ3) is 3.26. The number of amidine groups is 1. The van der Waals surface area contributed by atoms with E-state index in [1.807, 2.05) is 19.1 Å². The first-order chi connectivity index (χ1) is 9.55. The third-order valence-corrected chi connectivity index (χ3v) is 4.09. The van der Waals surface area contributed by atoms with Crippen LogP contribution in [0, 0.1) is 3.57 Å². The van der Waals surface area contributed by atoms with Crippen LogP contribution in [0.15, 0.2) is 22.0 Å². The van der Waals surface area contributed by atoms with Crippen molar-refractivity contribution in [2.45, 2.75) is 6.92 Å². The Labute approximate surface area is 134 Å². The number of carbonyl (C=O) groups excluding carboxylic acids is 1. The van der Waals surface area contributed by atoms with Crippen molar-refractivity contribution in [3.8, 4) is 11.5 Å². The van der Waals surface area contributed by atoms with Crippen molar-refractivity contribution in [2.75, 3.05) is 13.7 Å². The lowest BCUT2D eigenvalue weighted by atomic mass is 10.2. The number of hydrogen-bond acceptors (Lipinski definition) is 5. The van der Waals surface area contributed by atoms with Crippen molar-refractivity contribution in [3.63, 3.8) is 0 Å². The summed E-state index contributed by atoms with van der Waals surface area (Å²) in [5.74, 6) is 1.03. The van der Waals surface area contributed by atoms with Gasteiger partial charge in [-0.2, -0.15) is 4.99 Å². The number of aliphatic imine (C=N–C) groups is 1. The van der Waals surface area contributed by atoms with Gasteiger partial charge in [0.25, 0.3) is 5.91 Å². The van der Waals surface area contributed by atoms with E-state index < -0.39 is 0 Å². The molecule has 0 aromatic heterocycles. The van der Waals surface area contributed by atoms with E-state index in [-0.39, 0.29) is 11.1 Å². The van der Waals surface area contributed by atoms with Crippen molar-refractivity contribution in [1.29, 1.82) is 0 Å². The molecule has 0 aliphatic carbocycles. The van der Waals surface area contributed by atoms with Gasteiger partial charge in [-0.25, -0.2) is 0 Å². The van der Waals surface area contributed by atoms with Gasteiger partial charge in [0.2, 0.25) is 0 Å². The number of benzene rings is 1. The predicted octanol–water partition coefficient (Wildman–Crippen LogP) is 2.63. The van der Waals surface area contributed by atoms with Crippen LogP contribution < -0.4 is 15.2 Å². The summed E-state index contributed by atoms with van der Waals surface area (Å²) >= 11 is 3.34. The fourth-order valence-corrected chi connectivity index (χ4v) is 3.15. The maximum Gasteiger partial charge on any atom is 0.286 e. The number of amides is 1. The highest BCUT2D eigenvalue weighted by Crippen LogP contribution is 2.35. The summed E-state index contributed by atoms with van der Waals surface area (Å²) in [6, 6.07) is 3.74. The molecule has 1 aliphatic rings. The van der Waals surface area contributed by atoms with Gasteiger partial charge in [-0.05, 0) is 65.0 Å². The van der Waals surface area contributed by atoms with E-state index in [1.165, 1.54) is 11.8 Å². The van der Waals surface area contributed by atoms with Gasteiger partial charge in [-0.3, -0.25) is 4.79 Å². The van der Waals surface area contributed by atoms with Crippen LogP contribution in [0.2, 0.25) is 0 Å². The summed E-state index contributed by atoms with van der Waals surface area (Å²) in [7, 11) is 1.58. The van der Waals surface area contributed by atoms with Crippen LogP contribution in [0.3, 0.4) is 0 Å². The highest BCUT2D eigenvalue weighted by atomic mass is 127. The lowest BCUT2D eigenvalue weighted by molar-refractivity contribution is -0.113. The maximum absolute atomic E-state index is 11.6. The van der Waals surface area contributed by atoms with Gasteiger partial charge in [0.05, 0.1) is 22.2 Å². The number of ether oxygens (including phenoxy) is 2. The molecule has 0 radical (unpaired) electrons. The molecule has 20 heavy (non-hydrogen) atoms. The van der Waals surface area contributed by atoms with Gasteiger partial charge < -0.3 is 15.2 Å². The minimum atomic E-state index is -0.310. The van der Waals surface area contributed by atoms with E-state index >= 15 is 0 Å². The SMILES string of the molecule is CCOc1c(I)cc(C=C2SC(N)=NC2=O)cc1OC. The normalized spacial score (nSPS) is 16.4. The van der Waals surface area contributed by atoms with Crippen LogP contribution in [0.4, 0.5) is 0 Å². The molecule has 7 heteroatoms. The van der Waals surface area contributed by atoms with Crippen LogP contribution >= 0.6 is 34.4 Å². The summed E-state index contributed by atoms with van der Waals surface area (Å²) in [6.07, 6.45) is 1.75. The second-order valence-corrected chi connectivity index (χ2v) is 6.06. The molecular weight excluding hydrogens is 391 g/mol. The van der Waals surface area contributed by atoms with E-state index in [9.17, 15) is 4.79 Å². The van der Waals surface area contributed by atoms with E-state index in [2.05, 4.69) is 27.6 Å². The topological polar surface area (TPSA) is 73.9 Å². The molecule has 0 atom stereocenters. The predicted molar refractivity (Wildman–Crippen MR) is 89.1 cm³/mol. The molecule has 1 aromatic rings. The highest BCUT2D eigenvalue weighted by molar-refractivity contribution is 14.1. The number of thioether (sulfide) groups is 1. The number of carbonyl (C=O) groups is 1. The number of halogens is 1. The minimum Gasteiger partial charge on any atom is -0.493 e. The molecule has 0 spiro atoms. The molecule has 1 aliphatic heterocycles. The summed E-state index contributed by atoms with van der Waals surface area (Å²) < 4.78 is 11.8. The Balaban J connectivity index is 2.37. The molecule has 2 N–H and O–H groups in total. The molecule has 0 unspecified atom stereocenters. The lowest BCUT2D eigenvalue weighted by Crippen LogP contribution is -2.01. The van der Waals surface area contributed by atoms with E-state index in [1.54, 1.807) is 13.2 Å². The Hall–Kier alpha value is -1.22. The average molecular weight is 404 g/mol. The van der Waals surface area contributed by atoms with Crippen LogP contribution in [0.1, 0.15) is 12.5 Å². The van der Waals surface area contributed by atoms with Crippen molar-refractivity contribution in [3.05, 3.63) is 26.2 Å². The Morgan fingerprint density at radius 2 is 2.25 bits per heavy atom. The van der Waals surface area contributed by atoms with E-state index in [0.29, 0.717) is 23.0 Å². The quantitative estimate of drug-likeness (QED) is 0.617. The standard InChI is InChI=1S/C13H13IN2O3S/c1-3-19-11-8(14)4-7(5-9(11)18-2)6-10-12(17)16-13(15)20-10/h4-6H,3H2,1-2H3,(H2,15,16,17). The first kappa shape index (κ1) is 15.2. The number of nitrogens with two attached hydrogens (primary N) is 1. The molecule has 1 aromatic carbocycles. The highest BCUT2D eigenvalue weighted by Gasteiger charge is 2.20. The van der Waals surface area contributed by atoms with Crippen LogP contribution in [0.5, 0.6) is 11.5 Å². The number of hydrogen-bond donors (Lipinski definition) is 1. The maximum atomic E-state index is 11.6. The second-order valence-electron chi connectivity index (χ2n) is 3.83. The van der Waals surface area contributed by atoms with Gasteiger partial charge in [0, 0.05) is 0 Å². The smallest absolute Gasteiger partial charge is 0.286 e. The largest absolute Gasteiger partial charge is 0.493 e. The molecule has 2 rings (SSSR count). The summed E-state index contributed by atoms with van der Waals surface area (Å²) in [4.78, 5) is 15.8. The van der Waals surface area contributed by atoms with Crippen molar-refractivity contribution < 1.29 is 14.3 Å². The zero-order valence-electron chi connectivity index (χ0n) is 11.0. The molecular formula is C13H13IN2O3S. The molecule has 1 heterocycles. The molecule has 5 nitrogen and oxygen atoms in total. The Morgan fingerprint density at radius 1 is 1.50 bits per heavy atom. The monoisotopic (exact) mass is 404 g/mol. The summed E-state index contributed by atoms with van der Waals surface area (Å²) in [5.41, 5.74) is 6.37. The minimum absolute atomic E-state index is 0.272. The van der Waals surface area contributed by atoms with Gasteiger partial charge in [-0.15, -0.1) is 0 Å². The summed E-state index contributed by atoms with van der Waals surface area (Å²) in [6.45, 7) is 2.48. The second kappa shape index (κ2) is 6.49. The van der Waals surface area contributed by atoms with E-state index in [0.717, 1.165) is 9.13 Å². The molecule has 0 saturated heterocycles. The van der Waals surface area contributed by atoms with Crippen LogP contribution in [-0.2, 0) is 4.79 Å². The number of methoxy groups -OCH3 is 1. The average Bonchev–Trinajstić information content (AvgIpc) is 2.70. The van der Waals surface area contributed by atoms with Crippen molar-refractivity contribution in [2.24, 2.45) is 10.7 Å². The molecule has 106 valence electrons. The van der Waals surface area contributed by atoms with Crippen molar-refractivity contribution in [1.82, 2.24) is 0 Å². The zero-order valence-corrected chi connectivity index (χ0v) is 13.9. The number of rotatable bonds is 4. The van der Waals surface area contributed by atoms with Crippen molar-refractivity contribution >= 4 is 51.5 Å². The molecule has 1 amide bonds. The van der Waals surface area contributed by atoms with Crippen LogP contribution in [0.25, 0.3) is 6.08 Å². The number of nitrogens with zero attached hydrogens (tertiary/aromatic N) is 1. The Kier molecular flexibility index (Phi) is 4.92. The third-order valence-electron chi connectivity index (χ3n) is 2.48. The lowest BCUT2D eigenvalue weighted by Gasteiger charge is -2.12. The Bertz CT molecular complexity index is 614. The Morgan fingerprint density at radius 3 is 2.80 bits per heavy atom. The fourth-order valence-electron chi connectivity index (χ4n) is 1.68. The van der Waals surface area contributed by atoms with E-state index in [4.69, 9.17) is 15.2 Å². The summed E-state index contributed by atoms with van der Waals surface area (Å²) in [5, 5.41) is 0.272. The first-order valence-electron chi connectivity index (χ1n) is 5.83. The van der Waals surface area contributed by atoms with Gasteiger partial charge >= 0.3 is 0 Å².